The minimum Gasteiger partial charge on any atom is -0.309 e. The summed E-state index contributed by atoms with van der Waals surface area (Å²) in [4.78, 5) is 6.64. The van der Waals surface area contributed by atoms with Gasteiger partial charge in [0, 0.05) is 6.54 Å². The molecular weight excluding hydrogens is 284 g/mol. The largest absolute Gasteiger partial charge is 0.309 e. The lowest BCUT2D eigenvalue weighted by molar-refractivity contribution is 0.233. The number of rotatable bonds is 10. The van der Waals surface area contributed by atoms with Crippen LogP contribution in [0, 0.1) is 11.6 Å². The molecule has 0 aromatic heterocycles. The molecule has 0 aliphatic heterocycles. The molecule has 0 aliphatic rings. The van der Waals surface area contributed by atoms with E-state index in [1.807, 2.05) is 0 Å². The Hall–Kier alpha value is -1.04. The zero-order valence-electron chi connectivity index (χ0n) is 14.3. The number of hydrogen-bond acceptors (Lipinski definition) is 3. The summed E-state index contributed by atoms with van der Waals surface area (Å²) >= 11 is 0. The highest BCUT2D eigenvalue weighted by molar-refractivity contribution is 5.17. The van der Waals surface area contributed by atoms with Crippen molar-refractivity contribution in [3.8, 4) is 0 Å². The van der Waals surface area contributed by atoms with Crippen LogP contribution >= 0.6 is 0 Å². The molecule has 0 aliphatic carbocycles. The van der Waals surface area contributed by atoms with E-state index >= 15 is 0 Å². The van der Waals surface area contributed by atoms with Gasteiger partial charge in [0.1, 0.15) is 0 Å². The van der Waals surface area contributed by atoms with Gasteiger partial charge in [-0.05, 0) is 84.9 Å². The Labute approximate surface area is 133 Å². The van der Waals surface area contributed by atoms with Gasteiger partial charge in [0.2, 0.25) is 0 Å². The van der Waals surface area contributed by atoms with E-state index < -0.39 is 11.6 Å². The molecule has 0 atom stereocenters. The predicted octanol–water partition coefficient (Wildman–Crippen LogP) is 2.67. The van der Waals surface area contributed by atoms with E-state index in [-0.39, 0.29) is 0 Å². The van der Waals surface area contributed by atoms with Crippen LogP contribution < -0.4 is 0 Å². The van der Waals surface area contributed by atoms with E-state index in [0.29, 0.717) is 6.54 Å². The average molecular weight is 313 g/mol. The maximum absolute atomic E-state index is 13.3. The third kappa shape index (κ3) is 7.82. The number of halogens is 2. The van der Waals surface area contributed by atoms with Gasteiger partial charge in [0.25, 0.3) is 0 Å². The summed E-state index contributed by atoms with van der Waals surface area (Å²) in [5.41, 5.74) is 0.827. The summed E-state index contributed by atoms with van der Waals surface area (Å²) in [5.74, 6) is -1.55. The number of hydrogen-bond donors (Lipinski definition) is 0. The Balaban J connectivity index is 2.56. The van der Waals surface area contributed by atoms with Crippen LogP contribution in [0.5, 0.6) is 0 Å². The van der Waals surface area contributed by atoms with Crippen molar-refractivity contribution in [1.29, 1.82) is 0 Å². The molecule has 0 amide bonds. The lowest BCUT2D eigenvalue weighted by Gasteiger charge is -2.24. The first-order valence-electron chi connectivity index (χ1n) is 7.84. The van der Waals surface area contributed by atoms with Crippen molar-refractivity contribution in [2.75, 3.05) is 54.4 Å². The smallest absolute Gasteiger partial charge is 0.159 e. The van der Waals surface area contributed by atoms with Gasteiger partial charge in [-0.15, -0.1) is 0 Å². The zero-order valence-corrected chi connectivity index (χ0v) is 14.3. The fourth-order valence-electron chi connectivity index (χ4n) is 2.39. The quantitative estimate of drug-likeness (QED) is 0.657. The third-order valence-corrected chi connectivity index (χ3v) is 3.55. The predicted molar refractivity (Wildman–Crippen MR) is 88.0 cm³/mol. The van der Waals surface area contributed by atoms with Crippen molar-refractivity contribution in [2.24, 2.45) is 0 Å². The molecule has 0 saturated heterocycles. The van der Waals surface area contributed by atoms with Gasteiger partial charge in [0.15, 0.2) is 11.6 Å². The minimum atomic E-state index is -0.782. The van der Waals surface area contributed by atoms with E-state index in [1.165, 1.54) is 12.1 Å². The zero-order chi connectivity index (χ0) is 16.5. The molecule has 0 saturated carbocycles. The van der Waals surface area contributed by atoms with E-state index in [1.54, 1.807) is 6.07 Å². The average Bonchev–Trinajstić information content (AvgIpc) is 2.42. The van der Waals surface area contributed by atoms with Gasteiger partial charge in [-0.1, -0.05) is 6.07 Å². The van der Waals surface area contributed by atoms with Gasteiger partial charge < -0.3 is 9.80 Å². The molecule has 1 aromatic rings. The molecule has 0 unspecified atom stereocenters. The Bertz CT molecular complexity index is 422. The van der Waals surface area contributed by atoms with Gasteiger partial charge in [-0.3, -0.25) is 4.90 Å². The molecule has 0 fully saturated rings. The van der Waals surface area contributed by atoms with Crippen molar-refractivity contribution < 1.29 is 8.78 Å². The van der Waals surface area contributed by atoms with Gasteiger partial charge in [0.05, 0.1) is 0 Å². The molecule has 0 N–H and O–H groups in total. The van der Waals surface area contributed by atoms with Gasteiger partial charge in [-0.25, -0.2) is 8.78 Å². The fourth-order valence-corrected chi connectivity index (χ4v) is 2.39. The maximum atomic E-state index is 13.3. The Kier molecular flexibility index (Phi) is 8.53. The van der Waals surface area contributed by atoms with Crippen LogP contribution in [0.1, 0.15) is 18.4 Å². The van der Waals surface area contributed by atoms with Crippen molar-refractivity contribution in [3.63, 3.8) is 0 Å². The molecule has 0 bridgehead atoms. The normalized spacial score (nSPS) is 11.9. The molecule has 0 spiro atoms. The van der Waals surface area contributed by atoms with Crippen LogP contribution in [0.4, 0.5) is 8.78 Å². The van der Waals surface area contributed by atoms with Crippen LogP contribution in [0.25, 0.3) is 0 Å². The summed E-state index contributed by atoms with van der Waals surface area (Å²) < 4.78 is 26.4. The molecule has 1 aromatic carbocycles. The highest BCUT2D eigenvalue weighted by Crippen LogP contribution is 2.12. The Morgan fingerprint density at radius 1 is 0.773 bits per heavy atom. The first-order chi connectivity index (χ1) is 10.4. The molecular formula is C17H29F2N3. The summed E-state index contributed by atoms with van der Waals surface area (Å²) in [7, 11) is 8.24. The van der Waals surface area contributed by atoms with E-state index in [0.717, 1.165) is 44.6 Å². The van der Waals surface area contributed by atoms with Crippen molar-refractivity contribution in [1.82, 2.24) is 14.7 Å². The Morgan fingerprint density at radius 2 is 1.32 bits per heavy atom. The minimum absolute atomic E-state index is 0.665. The van der Waals surface area contributed by atoms with Crippen molar-refractivity contribution in [2.45, 2.75) is 19.4 Å². The first-order valence-corrected chi connectivity index (χ1v) is 7.84. The summed E-state index contributed by atoms with van der Waals surface area (Å²) in [5, 5.41) is 0. The van der Waals surface area contributed by atoms with Gasteiger partial charge in [-0.2, -0.15) is 0 Å². The monoisotopic (exact) mass is 313 g/mol. The second-order valence-electron chi connectivity index (χ2n) is 6.34. The van der Waals surface area contributed by atoms with Gasteiger partial charge >= 0.3 is 0 Å². The molecule has 126 valence electrons. The van der Waals surface area contributed by atoms with Crippen molar-refractivity contribution in [3.05, 3.63) is 35.4 Å². The molecule has 5 heteroatoms. The van der Waals surface area contributed by atoms with Crippen LogP contribution in [0.2, 0.25) is 0 Å². The molecule has 22 heavy (non-hydrogen) atoms. The topological polar surface area (TPSA) is 9.72 Å². The van der Waals surface area contributed by atoms with Crippen molar-refractivity contribution >= 4 is 0 Å². The molecule has 3 nitrogen and oxygen atoms in total. The second kappa shape index (κ2) is 9.87. The fraction of sp³-hybridized carbons (Fsp3) is 0.647. The van der Waals surface area contributed by atoms with Crippen LogP contribution in [-0.4, -0.2) is 69.1 Å². The summed E-state index contributed by atoms with van der Waals surface area (Å²) in [6, 6.07) is 4.19. The highest BCUT2D eigenvalue weighted by atomic mass is 19.2. The molecule has 0 heterocycles. The van der Waals surface area contributed by atoms with Crippen LogP contribution in [-0.2, 0) is 6.54 Å². The van der Waals surface area contributed by atoms with E-state index in [4.69, 9.17) is 0 Å². The first kappa shape index (κ1) is 19.0. The highest BCUT2D eigenvalue weighted by Gasteiger charge is 2.09. The van der Waals surface area contributed by atoms with Crippen LogP contribution in [0.3, 0.4) is 0 Å². The number of nitrogens with zero attached hydrogens (tertiary/aromatic N) is 3. The van der Waals surface area contributed by atoms with E-state index in [2.05, 4.69) is 42.9 Å². The lowest BCUT2D eigenvalue weighted by Crippen LogP contribution is -2.30. The summed E-state index contributed by atoms with van der Waals surface area (Å²) in [6.45, 7) is 4.65. The summed E-state index contributed by atoms with van der Waals surface area (Å²) in [6.07, 6.45) is 2.14. The standard InChI is InChI=1S/C17H29F2N3/c1-20(2)9-5-11-22(12-6-10-21(3)4)14-15-7-8-16(18)17(19)13-15/h7-8,13H,5-6,9-12,14H2,1-4H3. The number of benzene rings is 1. The third-order valence-electron chi connectivity index (χ3n) is 3.55. The Morgan fingerprint density at radius 3 is 1.77 bits per heavy atom. The lowest BCUT2D eigenvalue weighted by atomic mass is 10.2. The SMILES string of the molecule is CN(C)CCCN(CCCN(C)C)Cc1ccc(F)c(F)c1. The van der Waals surface area contributed by atoms with Crippen LogP contribution in [0.15, 0.2) is 18.2 Å². The molecule has 1 rings (SSSR count). The second-order valence-corrected chi connectivity index (χ2v) is 6.34. The van der Waals surface area contributed by atoms with E-state index in [9.17, 15) is 8.78 Å². The maximum Gasteiger partial charge on any atom is 0.159 e. The molecule has 0 radical (unpaired) electrons.